The molecule has 1 aliphatic rings. The van der Waals surface area contributed by atoms with Crippen LogP contribution in [0.5, 0.6) is 0 Å². The number of aryl methyl sites for hydroxylation is 3. The molecule has 150 valence electrons. The van der Waals surface area contributed by atoms with E-state index in [0.29, 0.717) is 23.6 Å². The van der Waals surface area contributed by atoms with Gasteiger partial charge in [0.25, 0.3) is 5.56 Å². The van der Waals surface area contributed by atoms with Crippen molar-refractivity contribution < 1.29 is 9.59 Å². The van der Waals surface area contributed by atoms with Gasteiger partial charge in [-0.25, -0.2) is 4.98 Å². The summed E-state index contributed by atoms with van der Waals surface area (Å²) in [5.74, 6) is 0.176. The van der Waals surface area contributed by atoms with Gasteiger partial charge in [0.1, 0.15) is 10.7 Å². The molecule has 3 aromatic rings. The van der Waals surface area contributed by atoms with E-state index in [2.05, 4.69) is 20.6 Å². The zero-order valence-corrected chi connectivity index (χ0v) is 16.9. The number of hydrogen-bond acceptors (Lipinski definition) is 5. The highest BCUT2D eigenvalue weighted by Gasteiger charge is 2.19. The molecular weight excluding hydrogens is 388 g/mol. The summed E-state index contributed by atoms with van der Waals surface area (Å²) >= 11 is 1.61. The molecule has 0 spiro atoms. The third kappa shape index (κ3) is 4.37. The van der Waals surface area contributed by atoms with Crippen molar-refractivity contribution in [2.24, 2.45) is 0 Å². The largest absolute Gasteiger partial charge is 0.326 e. The maximum absolute atomic E-state index is 12.6. The SMILES string of the molecule is CC(=O)Nc1cccc(NC(=O)CCc2nc3sc4c(c3c(=O)[nH]2)CCCC4)c1. The van der Waals surface area contributed by atoms with E-state index in [9.17, 15) is 14.4 Å². The Kier molecular flexibility index (Phi) is 5.44. The lowest BCUT2D eigenvalue weighted by molar-refractivity contribution is -0.116. The number of aromatic nitrogens is 2. The Balaban J connectivity index is 1.44. The van der Waals surface area contributed by atoms with Crippen molar-refractivity contribution in [3.8, 4) is 0 Å². The van der Waals surface area contributed by atoms with Crippen LogP contribution < -0.4 is 16.2 Å². The standard InChI is InChI=1S/C21H22N4O3S/c1-12(26)22-13-5-4-6-14(11-13)23-18(27)10-9-17-24-20(28)19-15-7-2-3-8-16(15)29-21(19)25-17/h4-6,11H,2-3,7-10H2,1H3,(H,22,26)(H,23,27)(H,24,25,28). The second kappa shape index (κ2) is 8.16. The van der Waals surface area contributed by atoms with Crippen LogP contribution in [0.15, 0.2) is 29.1 Å². The number of aromatic amines is 1. The molecule has 1 aromatic carbocycles. The highest BCUT2D eigenvalue weighted by molar-refractivity contribution is 7.18. The number of rotatable bonds is 5. The maximum Gasteiger partial charge on any atom is 0.259 e. The minimum absolute atomic E-state index is 0.104. The quantitative estimate of drug-likeness (QED) is 0.600. The van der Waals surface area contributed by atoms with Crippen molar-refractivity contribution in [3.63, 3.8) is 0 Å². The zero-order chi connectivity index (χ0) is 20.4. The Morgan fingerprint density at radius 3 is 2.72 bits per heavy atom. The summed E-state index contributed by atoms with van der Waals surface area (Å²) in [6.45, 7) is 1.43. The third-order valence-corrected chi connectivity index (χ3v) is 6.12. The van der Waals surface area contributed by atoms with Gasteiger partial charge in [-0.2, -0.15) is 0 Å². The lowest BCUT2D eigenvalue weighted by atomic mass is 9.97. The van der Waals surface area contributed by atoms with Gasteiger partial charge < -0.3 is 15.6 Å². The summed E-state index contributed by atoms with van der Waals surface area (Å²) in [5, 5.41) is 6.22. The molecular formula is C21H22N4O3S. The Hall–Kier alpha value is -3.00. The van der Waals surface area contributed by atoms with Gasteiger partial charge in [-0.15, -0.1) is 11.3 Å². The Bertz CT molecular complexity index is 1150. The van der Waals surface area contributed by atoms with Crippen LogP contribution in [-0.4, -0.2) is 21.8 Å². The summed E-state index contributed by atoms with van der Waals surface area (Å²) in [6.07, 6.45) is 4.79. The summed E-state index contributed by atoms with van der Waals surface area (Å²) in [5.41, 5.74) is 2.28. The van der Waals surface area contributed by atoms with Crippen LogP contribution in [0, 0.1) is 0 Å². The van der Waals surface area contributed by atoms with E-state index in [4.69, 9.17) is 0 Å². The summed E-state index contributed by atoms with van der Waals surface area (Å²) in [4.78, 5) is 45.5. The average molecular weight is 410 g/mol. The second-order valence-corrected chi connectivity index (χ2v) is 8.30. The molecule has 2 heterocycles. The topological polar surface area (TPSA) is 104 Å². The summed E-state index contributed by atoms with van der Waals surface area (Å²) in [7, 11) is 0. The molecule has 0 fully saturated rings. The molecule has 4 rings (SSSR count). The first kappa shape index (κ1) is 19.3. The molecule has 3 N–H and O–H groups in total. The van der Waals surface area contributed by atoms with Crippen molar-refractivity contribution in [2.45, 2.75) is 45.4 Å². The van der Waals surface area contributed by atoms with Gasteiger partial charge >= 0.3 is 0 Å². The molecule has 0 radical (unpaired) electrons. The smallest absolute Gasteiger partial charge is 0.259 e. The number of nitrogens with zero attached hydrogens (tertiary/aromatic N) is 1. The molecule has 0 bridgehead atoms. The van der Waals surface area contributed by atoms with E-state index in [1.165, 1.54) is 11.8 Å². The Morgan fingerprint density at radius 1 is 1.17 bits per heavy atom. The molecule has 0 unspecified atom stereocenters. The monoisotopic (exact) mass is 410 g/mol. The summed E-state index contributed by atoms with van der Waals surface area (Å²) in [6, 6.07) is 6.96. The number of hydrogen-bond donors (Lipinski definition) is 3. The normalized spacial score (nSPS) is 13.1. The fourth-order valence-corrected chi connectivity index (χ4v) is 4.94. The van der Waals surface area contributed by atoms with Crippen molar-refractivity contribution in [1.29, 1.82) is 0 Å². The molecule has 2 aromatic heterocycles. The van der Waals surface area contributed by atoms with Crippen LogP contribution in [0.3, 0.4) is 0 Å². The van der Waals surface area contributed by atoms with Gasteiger partial charge in [0.15, 0.2) is 0 Å². The van der Waals surface area contributed by atoms with Gasteiger partial charge in [0.2, 0.25) is 11.8 Å². The van der Waals surface area contributed by atoms with Gasteiger partial charge in [0.05, 0.1) is 5.39 Å². The number of fused-ring (bicyclic) bond motifs is 3. The Morgan fingerprint density at radius 2 is 1.93 bits per heavy atom. The molecule has 1 aliphatic carbocycles. The van der Waals surface area contributed by atoms with Crippen LogP contribution >= 0.6 is 11.3 Å². The fraction of sp³-hybridized carbons (Fsp3) is 0.333. The van der Waals surface area contributed by atoms with Crippen molar-refractivity contribution >= 4 is 44.7 Å². The lowest BCUT2D eigenvalue weighted by Gasteiger charge is -2.09. The first-order chi connectivity index (χ1) is 14.0. The number of anilines is 2. The van der Waals surface area contributed by atoms with E-state index in [1.54, 1.807) is 35.6 Å². The number of nitrogens with one attached hydrogen (secondary N) is 3. The molecule has 0 saturated heterocycles. The van der Waals surface area contributed by atoms with Gasteiger partial charge in [0, 0.05) is 36.0 Å². The van der Waals surface area contributed by atoms with E-state index in [1.807, 2.05) is 0 Å². The van der Waals surface area contributed by atoms with E-state index >= 15 is 0 Å². The first-order valence-corrected chi connectivity index (χ1v) is 10.5. The maximum atomic E-state index is 12.6. The highest BCUT2D eigenvalue weighted by atomic mass is 32.1. The van der Waals surface area contributed by atoms with E-state index in [0.717, 1.165) is 41.5 Å². The predicted octanol–water partition coefficient (Wildman–Crippen LogP) is 3.39. The second-order valence-electron chi connectivity index (χ2n) is 7.21. The minimum Gasteiger partial charge on any atom is -0.326 e. The lowest BCUT2D eigenvalue weighted by Crippen LogP contribution is -2.16. The fourth-order valence-electron chi connectivity index (χ4n) is 3.66. The number of amides is 2. The number of carbonyl (C=O) groups is 2. The van der Waals surface area contributed by atoms with Crippen molar-refractivity contribution in [1.82, 2.24) is 9.97 Å². The van der Waals surface area contributed by atoms with Gasteiger partial charge in [-0.3, -0.25) is 14.4 Å². The molecule has 7 nitrogen and oxygen atoms in total. The number of thiophene rings is 1. The molecule has 0 atom stereocenters. The first-order valence-electron chi connectivity index (χ1n) is 9.70. The van der Waals surface area contributed by atoms with Gasteiger partial charge in [-0.05, 0) is 49.4 Å². The van der Waals surface area contributed by atoms with Crippen LogP contribution in [0.1, 0.15) is 42.5 Å². The van der Waals surface area contributed by atoms with Crippen LogP contribution in [0.4, 0.5) is 11.4 Å². The molecule has 0 aliphatic heterocycles. The molecule has 2 amide bonds. The van der Waals surface area contributed by atoms with E-state index in [-0.39, 0.29) is 23.8 Å². The molecule has 0 saturated carbocycles. The van der Waals surface area contributed by atoms with Crippen molar-refractivity contribution in [3.05, 3.63) is 50.9 Å². The molecule has 29 heavy (non-hydrogen) atoms. The van der Waals surface area contributed by atoms with Gasteiger partial charge in [-0.1, -0.05) is 6.07 Å². The predicted molar refractivity (Wildman–Crippen MR) is 115 cm³/mol. The number of carbonyl (C=O) groups excluding carboxylic acids is 2. The number of benzene rings is 1. The van der Waals surface area contributed by atoms with Crippen LogP contribution in [-0.2, 0) is 28.9 Å². The number of H-pyrrole nitrogens is 1. The zero-order valence-electron chi connectivity index (χ0n) is 16.1. The summed E-state index contributed by atoms with van der Waals surface area (Å²) < 4.78 is 0. The van der Waals surface area contributed by atoms with Crippen LogP contribution in [0.2, 0.25) is 0 Å². The molecule has 8 heteroatoms. The van der Waals surface area contributed by atoms with Crippen molar-refractivity contribution in [2.75, 3.05) is 10.6 Å². The Labute approximate surface area is 171 Å². The highest BCUT2D eigenvalue weighted by Crippen LogP contribution is 2.33. The van der Waals surface area contributed by atoms with Crippen LogP contribution in [0.25, 0.3) is 10.2 Å². The third-order valence-electron chi connectivity index (χ3n) is 4.93. The average Bonchev–Trinajstić information content (AvgIpc) is 3.05. The van der Waals surface area contributed by atoms with E-state index < -0.39 is 0 Å². The minimum atomic E-state index is -0.182.